The Morgan fingerprint density at radius 3 is 2.68 bits per heavy atom. The van der Waals surface area contributed by atoms with Crippen LogP contribution in [0, 0.1) is 0 Å². The maximum atomic E-state index is 12.9. The Bertz CT molecular complexity index is 1290. The summed E-state index contributed by atoms with van der Waals surface area (Å²) < 4.78 is 17.3. The molecule has 0 spiro atoms. The van der Waals surface area contributed by atoms with Crippen molar-refractivity contribution in [1.82, 2.24) is 9.88 Å². The SMILES string of the molecule is O=C(c1ccc(-c2cc(-c3ccnc(O[C@@H]4COC5[C@H](O)CO[C@@H]54)c3)cs2)c(Cl)c1)N1CCC(O)CC1. The monoisotopic (exact) mass is 542 g/mol. The van der Waals surface area contributed by atoms with Crippen LogP contribution < -0.4 is 4.74 Å². The molecule has 3 saturated heterocycles. The Labute approximate surface area is 223 Å². The fraction of sp³-hybridized carbons (Fsp3) is 0.407. The number of hydrogen-bond donors (Lipinski definition) is 2. The summed E-state index contributed by atoms with van der Waals surface area (Å²) in [5.74, 6) is 0.406. The molecule has 1 aromatic carbocycles. The van der Waals surface area contributed by atoms with Gasteiger partial charge in [0.15, 0.2) is 6.10 Å². The number of ether oxygens (including phenoxy) is 3. The number of carbonyl (C=O) groups is 1. The van der Waals surface area contributed by atoms with Crippen LogP contribution in [-0.4, -0.2) is 82.8 Å². The van der Waals surface area contributed by atoms with Crippen molar-refractivity contribution in [2.75, 3.05) is 26.3 Å². The Hall–Kier alpha value is -2.53. The number of aromatic nitrogens is 1. The molecule has 0 aliphatic carbocycles. The predicted octanol–water partition coefficient (Wildman–Crippen LogP) is 3.63. The smallest absolute Gasteiger partial charge is 0.253 e. The third-order valence-corrected chi connectivity index (χ3v) is 8.43. The van der Waals surface area contributed by atoms with E-state index in [1.54, 1.807) is 28.5 Å². The van der Waals surface area contributed by atoms with Crippen LogP contribution in [0.5, 0.6) is 5.88 Å². The van der Waals surface area contributed by atoms with E-state index in [0.29, 0.717) is 49.0 Å². The second kappa shape index (κ2) is 10.3. The van der Waals surface area contributed by atoms with E-state index in [0.717, 1.165) is 21.6 Å². The molecule has 0 bridgehead atoms. The van der Waals surface area contributed by atoms with Crippen LogP contribution in [0.3, 0.4) is 0 Å². The highest BCUT2D eigenvalue weighted by molar-refractivity contribution is 7.14. The van der Waals surface area contributed by atoms with Gasteiger partial charge in [-0.15, -0.1) is 11.3 Å². The summed E-state index contributed by atoms with van der Waals surface area (Å²) in [5.41, 5.74) is 3.36. The lowest BCUT2D eigenvalue weighted by Crippen LogP contribution is -2.40. The summed E-state index contributed by atoms with van der Waals surface area (Å²) in [6, 6.07) is 11.3. The van der Waals surface area contributed by atoms with Gasteiger partial charge in [0.2, 0.25) is 5.88 Å². The molecule has 8 nitrogen and oxygen atoms in total. The van der Waals surface area contributed by atoms with E-state index in [1.165, 1.54) is 0 Å². The highest BCUT2D eigenvalue weighted by Crippen LogP contribution is 2.38. The first kappa shape index (κ1) is 24.8. The van der Waals surface area contributed by atoms with E-state index >= 15 is 0 Å². The number of likely N-dealkylation sites (tertiary alicyclic amines) is 1. The van der Waals surface area contributed by atoms with E-state index in [-0.39, 0.29) is 36.9 Å². The van der Waals surface area contributed by atoms with Gasteiger partial charge in [0.05, 0.1) is 24.3 Å². The first-order chi connectivity index (χ1) is 18.0. The van der Waals surface area contributed by atoms with Crippen molar-refractivity contribution in [3.8, 4) is 27.4 Å². The normalized spacial score (nSPS) is 25.9. The molecule has 2 aromatic heterocycles. The summed E-state index contributed by atoms with van der Waals surface area (Å²) in [7, 11) is 0. The zero-order valence-electron chi connectivity index (χ0n) is 20.0. The first-order valence-corrected chi connectivity index (χ1v) is 13.6. The number of fused-ring (bicyclic) bond motifs is 1. The molecule has 4 atom stereocenters. The number of halogens is 1. The quantitative estimate of drug-likeness (QED) is 0.507. The largest absolute Gasteiger partial charge is 0.469 e. The fourth-order valence-electron chi connectivity index (χ4n) is 5.08. The maximum Gasteiger partial charge on any atom is 0.253 e. The standard InChI is InChI=1S/C27H27ClN2O6S/c28-20-9-16(27(33)30-7-4-18(31)5-8-30)1-2-19(20)23-10-17(14-37-23)15-3-6-29-24(11-15)36-22-13-35-25-21(32)12-34-26(22)25/h1-3,6,9-11,14,18,21-22,25-26,31-32H,4-5,7-8,12-13H2/t21-,22-,25?,26-/m1/s1. The predicted molar refractivity (Wildman–Crippen MR) is 139 cm³/mol. The highest BCUT2D eigenvalue weighted by Gasteiger charge is 2.48. The van der Waals surface area contributed by atoms with E-state index in [9.17, 15) is 15.0 Å². The van der Waals surface area contributed by atoms with Crippen LogP contribution in [-0.2, 0) is 9.47 Å². The summed E-state index contributed by atoms with van der Waals surface area (Å²) in [6.07, 6.45) is 0.974. The zero-order chi connectivity index (χ0) is 25.5. The Balaban J connectivity index is 1.16. The molecule has 3 aliphatic rings. The lowest BCUT2D eigenvalue weighted by molar-refractivity contribution is 0.00781. The minimum atomic E-state index is -0.625. The average Bonchev–Trinajstić information content (AvgIpc) is 3.63. The number of rotatable bonds is 5. The number of hydrogen-bond acceptors (Lipinski definition) is 8. The summed E-state index contributed by atoms with van der Waals surface area (Å²) >= 11 is 8.19. The lowest BCUT2D eigenvalue weighted by atomic mass is 10.0. The molecular formula is C27H27ClN2O6S. The van der Waals surface area contributed by atoms with Crippen molar-refractivity contribution < 1.29 is 29.2 Å². The van der Waals surface area contributed by atoms with Crippen LogP contribution in [0.2, 0.25) is 5.02 Å². The molecule has 10 heteroatoms. The van der Waals surface area contributed by atoms with Gasteiger partial charge in [-0.2, -0.15) is 0 Å². The van der Waals surface area contributed by atoms with Crippen LogP contribution >= 0.6 is 22.9 Å². The lowest BCUT2D eigenvalue weighted by Gasteiger charge is -2.29. The Kier molecular flexibility index (Phi) is 6.91. The molecule has 3 aromatic rings. The van der Waals surface area contributed by atoms with Crippen LogP contribution in [0.25, 0.3) is 21.6 Å². The van der Waals surface area contributed by atoms with Crippen LogP contribution in [0.1, 0.15) is 23.2 Å². The number of benzene rings is 1. The zero-order valence-corrected chi connectivity index (χ0v) is 21.5. The van der Waals surface area contributed by atoms with Gasteiger partial charge in [0.25, 0.3) is 5.91 Å². The van der Waals surface area contributed by atoms with Crippen molar-refractivity contribution in [1.29, 1.82) is 0 Å². The number of thiophene rings is 1. The van der Waals surface area contributed by atoms with Gasteiger partial charge in [0.1, 0.15) is 18.3 Å². The molecule has 1 unspecified atom stereocenters. The molecule has 2 N–H and O–H groups in total. The minimum absolute atomic E-state index is 0.0620. The number of piperidine rings is 1. The van der Waals surface area contributed by atoms with Gasteiger partial charge in [0, 0.05) is 41.4 Å². The molecular weight excluding hydrogens is 516 g/mol. The number of pyridine rings is 1. The number of amides is 1. The van der Waals surface area contributed by atoms with Crippen LogP contribution in [0.15, 0.2) is 48.0 Å². The molecule has 3 aliphatic heterocycles. The molecule has 5 heterocycles. The Morgan fingerprint density at radius 1 is 1.05 bits per heavy atom. The molecule has 194 valence electrons. The van der Waals surface area contributed by atoms with Crippen molar-refractivity contribution in [2.24, 2.45) is 0 Å². The third-order valence-electron chi connectivity index (χ3n) is 7.15. The van der Waals surface area contributed by atoms with Crippen molar-refractivity contribution in [3.63, 3.8) is 0 Å². The van der Waals surface area contributed by atoms with Gasteiger partial charge in [-0.1, -0.05) is 17.7 Å². The first-order valence-electron chi connectivity index (χ1n) is 12.4. The summed E-state index contributed by atoms with van der Waals surface area (Å²) in [5, 5.41) is 22.2. The summed E-state index contributed by atoms with van der Waals surface area (Å²) in [6.45, 7) is 1.70. The third kappa shape index (κ3) is 4.99. The average molecular weight is 543 g/mol. The molecule has 6 rings (SSSR count). The summed E-state index contributed by atoms with van der Waals surface area (Å²) in [4.78, 5) is 20.0. The molecule has 37 heavy (non-hydrogen) atoms. The molecule has 0 saturated carbocycles. The van der Waals surface area contributed by atoms with Crippen molar-refractivity contribution in [2.45, 2.75) is 43.4 Å². The van der Waals surface area contributed by atoms with E-state index in [1.807, 2.05) is 29.6 Å². The van der Waals surface area contributed by atoms with E-state index in [4.69, 9.17) is 25.8 Å². The van der Waals surface area contributed by atoms with E-state index < -0.39 is 6.10 Å². The maximum absolute atomic E-state index is 12.9. The van der Waals surface area contributed by atoms with Crippen molar-refractivity contribution in [3.05, 3.63) is 58.6 Å². The van der Waals surface area contributed by atoms with Gasteiger partial charge < -0.3 is 29.3 Å². The van der Waals surface area contributed by atoms with Gasteiger partial charge in [-0.3, -0.25) is 4.79 Å². The molecule has 1 amide bonds. The topological polar surface area (TPSA) is 101 Å². The number of carbonyl (C=O) groups excluding carboxylic acids is 1. The van der Waals surface area contributed by atoms with Gasteiger partial charge in [-0.05, 0) is 53.6 Å². The number of nitrogens with zero attached hydrogens (tertiary/aromatic N) is 2. The minimum Gasteiger partial charge on any atom is -0.469 e. The molecule has 0 radical (unpaired) electrons. The number of aliphatic hydroxyl groups excluding tert-OH is 2. The number of aliphatic hydroxyl groups is 2. The van der Waals surface area contributed by atoms with Gasteiger partial charge in [-0.25, -0.2) is 4.98 Å². The second-order valence-electron chi connectivity index (χ2n) is 9.62. The fourth-order valence-corrected chi connectivity index (χ4v) is 6.38. The highest BCUT2D eigenvalue weighted by atomic mass is 35.5. The molecule has 3 fully saturated rings. The Morgan fingerprint density at radius 2 is 1.86 bits per heavy atom. The second-order valence-corrected chi connectivity index (χ2v) is 10.9. The van der Waals surface area contributed by atoms with Crippen molar-refractivity contribution >= 4 is 28.8 Å². The van der Waals surface area contributed by atoms with E-state index in [2.05, 4.69) is 11.1 Å². The van der Waals surface area contributed by atoms with Gasteiger partial charge >= 0.3 is 0 Å². The van der Waals surface area contributed by atoms with Crippen LogP contribution in [0.4, 0.5) is 0 Å².